The lowest BCUT2D eigenvalue weighted by Crippen LogP contribution is -2.60. The Morgan fingerprint density at radius 2 is 1.58 bits per heavy atom. The Kier molecular flexibility index (Phi) is 7.49. The van der Waals surface area contributed by atoms with Crippen LogP contribution in [0.15, 0.2) is 0 Å². The average Bonchev–Trinajstić information content (AvgIpc) is 2.35. The molecule has 0 rings (SSSR count). The topological polar surface area (TPSA) is 151 Å². The maximum Gasteiger partial charge on any atom is 0.238 e. The van der Waals surface area contributed by atoms with Gasteiger partial charge in [0, 0.05) is 13.8 Å². The van der Waals surface area contributed by atoms with Gasteiger partial charge in [0.1, 0.15) is 24.4 Å². The highest BCUT2D eigenvalue weighted by Crippen LogP contribution is 2.10. The van der Waals surface area contributed by atoms with E-state index in [0.29, 0.717) is 5.01 Å². The number of aliphatic hydroxyl groups is 5. The number of aliphatic hydroxyl groups excluding tert-OH is 5. The Labute approximate surface area is 110 Å². The first-order chi connectivity index (χ1) is 8.76. The van der Waals surface area contributed by atoms with Crippen LogP contribution in [0.5, 0.6) is 0 Å². The number of amides is 2. The third-order valence-corrected chi connectivity index (χ3v) is 2.46. The van der Waals surface area contributed by atoms with Crippen molar-refractivity contribution < 1.29 is 35.1 Å². The van der Waals surface area contributed by atoms with Gasteiger partial charge in [0.25, 0.3) is 0 Å². The van der Waals surface area contributed by atoms with Gasteiger partial charge in [0.15, 0.2) is 0 Å². The summed E-state index contributed by atoms with van der Waals surface area (Å²) in [4.78, 5) is 22.3. The SMILES string of the molecule is CC(=O)NN(C(C)=O)[C@H](CO)[C@@H](O)[C@@H](O)[C@H](O)CO. The molecule has 0 aromatic heterocycles. The minimum atomic E-state index is -1.79. The fourth-order valence-electron chi connectivity index (χ4n) is 1.47. The van der Waals surface area contributed by atoms with Crippen LogP contribution in [0.3, 0.4) is 0 Å². The van der Waals surface area contributed by atoms with E-state index in [1.165, 1.54) is 0 Å². The Hall–Kier alpha value is -1.26. The molecular weight excluding hydrogens is 260 g/mol. The highest BCUT2D eigenvalue weighted by atomic mass is 16.4. The molecule has 0 aliphatic heterocycles. The van der Waals surface area contributed by atoms with Gasteiger partial charge in [-0.2, -0.15) is 0 Å². The second-order valence-corrected chi connectivity index (χ2v) is 4.04. The van der Waals surface area contributed by atoms with E-state index in [2.05, 4.69) is 5.43 Å². The molecule has 9 heteroatoms. The van der Waals surface area contributed by atoms with Crippen LogP contribution >= 0.6 is 0 Å². The van der Waals surface area contributed by atoms with Crippen molar-refractivity contribution in [2.24, 2.45) is 0 Å². The van der Waals surface area contributed by atoms with Gasteiger partial charge in [0.2, 0.25) is 11.8 Å². The molecule has 0 bridgehead atoms. The van der Waals surface area contributed by atoms with Crippen molar-refractivity contribution in [1.29, 1.82) is 0 Å². The van der Waals surface area contributed by atoms with E-state index in [9.17, 15) is 30.0 Å². The van der Waals surface area contributed by atoms with Crippen molar-refractivity contribution in [2.45, 2.75) is 38.2 Å². The van der Waals surface area contributed by atoms with Crippen molar-refractivity contribution >= 4 is 11.8 Å². The number of rotatable bonds is 6. The third-order valence-electron chi connectivity index (χ3n) is 2.46. The molecule has 0 saturated carbocycles. The number of nitrogens with one attached hydrogen (secondary N) is 1. The van der Waals surface area contributed by atoms with Crippen LogP contribution in [0.1, 0.15) is 13.8 Å². The first kappa shape index (κ1) is 17.7. The van der Waals surface area contributed by atoms with Gasteiger partial charge in [-0.25, -0.2) is 5.01 Å². The van der Waals surface area contributed by atoms with E-state index in [0.717, 1.165) is 13.8 Å². The van der Waals surface area contributed by atoms with E-state index >= 15 is 0 Å². The molecule has 0 fully saturated rings. The average molecular weight is 280 g/mol. The molecule has 0 radical (unpaired) electrons. The Balaban J connectivity index is 5.03. The molecule has 0 aliphatic carbocycles. The van der Waals surface area contributed by atoms with Gasteiger partial charge in [-0.3, -0.25) is 15.0 Å². The van der Waals surface area contributed by atoms with E-state index in [1.54, 1.807) is 0 Å². The van der Waals surface area contributed by atoms with Gasteiger partial charge in [-0.15, -0.1) is 0 Å². The number of hydrogen-bond donors (Lipinski definition) is 6. The predicted molar refractivity (Wildman–Crippen MR) is 62.3 cm³/mol. The Bertz CT molecular complexity index is 312. The van der Waals surface area contributed by atoms with Gasteiger partial charge in [-0.1, -0.05) is 0 Å². The van der Waals surface area contributed by atoms with Crippen molar-refractivity contribution in [3.05, 3.63) is 0 Å². The molecule has 2 amide bonds. The van der Waals surface area contributed by atoms with Crippen LogP contribution in [0.4, 0.5) is 0 Å². The largest absolute Gasteiger partial charge is 0.394 e. The quantitative estimate of drug-likeness (QED) is 0.274. The molecule has 112 valence electrons. The standard InChI is InChI=1S/C10H20N2O7/c1-5(15)11-12(6(2)16)7(3-13)9(18)10(19)8(17)4-14/h7-10,13-14,17-19H,3-4H2,1-2H3,(H,11,15)/t7-,8-,9-,10+/m1/s1. The van der Waals surface area contributed by atoms with Crippen LogP contribution in [-0.4, -0.2) is 79.9 Å². The first-order valence-corrected chi connectivity index (χ1v) is 5.59. The maximum atomic E-state index is 11.3. The van der Waals surface area contributed by atoms with Crippen molar-refractivity contribution in [1.82, 2.24) is 10.4 Å². The van der Waals surface area contributed by atoms with Crippen LogP contribution in [0.25, 0.3) is 0 Å². The van der Waals surface area contributed by atoms with Crippen LogP contribution in [0, 0.1) is 0 Å². The van der Waals surface area contributed by atoms with Crippen LogP contribution < -0.4 is 5.43 Å². The Morgan fingerprint density at radius 3 is 1.89 bits per heavy atom. The monoisotopic (exact) mass is 280 g/mol. The van der Waals surface area contributed by atoms with Crippen LogP contribution in [-0.2, 0) is 9.59 Å². The summed E-state index contributed by atoms with van der Waals surface area (Å²) in [6.45, 7) is 0.628. The van der Waals surface area contributed by atoms with Crippen molar-refractivity contribution in [3.63, 3.8) is 0 Å². The summed E-state index contributed by atoms with van der Waals surface area (Å²) in [6, 6.07) is -1.36. The maximum absolute atomic E-state index is 11.3. The lowest BCUT2D eigenvalue weighted by Gasteiger charge is -2.35. The zero-order valence-electron chi connectivity index (χ0n) is 10.7. The molecule has 19 heavy (non-hydrogen) atoms. The fraction of sp³-hybridized carbons (Fsp3) is 0.800. The molecule has 0 saturated heterocycles. The zero-order valence-corrected chi connectivity index (χ0v) is 10.7. The first-order valence-electron chi connectivity index (χ1n) is 5.59. The van der Waals surface area contributed by atoms with Gasteiger partial charge in [-0.05, 0) is 0 Å². The van der Waals surface area contributed by atoms with Gasteiger partial charge in [0.05, 0.1) is 13.2 Å². The summed E-state index contributed by atoms with van der Waals surface area (Å²) >= 11 is 0. The minimum absolute atomic E-state index is 0.613. The zero-order chi connectivity index (χ0) is 15.2. The number of carbonyl (C=O) groups excluding carboxylic acids is 2. The number of hydrazine groups is 1. The number of carbonyl (C=O) groups is 2. The summed E-state index contributed by atoms with van der Waals surface area (Å²) in [6.07, 6.45) is -5.20. The summed E-state index contributed by atoms with van der Waals surface area (Å²) in [5.41, 5.74) is 2.09. The number of hydrogen-bond acceptors (Lipinski definition) is 7. The Morgan fingerprint density at radius 1 is 1.05 bits per heavy atom. The van der Waals surface area contributed by atoms with Gasteiger partial charge >= 0.3 is 0 Å². The molecule has 0 aromatic carbocycles. The second kappa shape index (κ2) is 8.02. The normalized spacial score (nSPS) is 17.2. The molecular formula is C10H20N2O7. The van der Waals surface area contributed by atoms with E-state index in [4.69, 9.17) is 5.11 Å². The van der Waals surface area contributed by atoms with Gasteiger partial charge < -0.3 is 25.5 Å². The molecule has 6 N–H and O–H groups in total. The molecule has 0 spiro atoms. The number of nitrogens with zero attached hydrogens (tertiary/aromatic N) is 1. The summed E-state index contributed by atoms with van der Waals surface area (Å²) in [5.74, 6) is -1.29. The summed E-state index contributed by atoms with van der Waals surface area (Å²) in [7, 11) is 0. The molecule has 4 atom stereocenters. The second-order valence-electron chi connectivity index (χ2n) is 4.04. The molecule has 0 heterocycles. The lowest BCUT2D eigenvalue weighted by atomic mass is 10.0. The molecule has 0 unspecified atom stereocenters. The minimum Gasteiger partial charge on any atom is -0.394 e. The lowest BCUT2D eigenvalue weighted by molar-refractivity contribution is -0.155. The fourth-order valence-corrected chi connectivity index (χ4v) is 1.47. The van der Waals surface area contributed by atoms with E-state index in [1.807, 2.05) is 0 Å². The smallest absolute Gasteiger partial charge is 0.238 e. The highest BCUT2D eigenvalue weighted by molar-refractivity contribution is 5.79. The van der Waals surface area contributed by atoms with E-state index < -0.39 is 49.4 Å². The predicted octanol–water partition coefficient (Wildman–Crippen LogP) is -3.68. The third kappa shape index (κ3) is 5.09. The summed E-state index contributed by atoms with van der Waals surface area (Å²) < 4.78 is 0. The van der Waals surface area contributed by atoms with Crippen molar-refractivity contribution in [2.75, 3.05) is 13.2 Å². The van der Waals surface area contributed by atoms with Crippen molar-refractivity contribution in [3.8, 4) is 0 Å². The van der Waals surface area contributed by atoms with Crippen LogP contribution in [0.2, 0.25) is 0 Å². The molecule has 0 aliphatic rings. The van der Waals surface area contributed by atoms with E-state index in [-0.39, 0.29) is 0 Å². The molecule has 9 nitrogen and oxygen atoms in total. The summed E-state index contributed by atoms with van der Waals surface area (Å²) in [5, 5.41) is 47.0. The molecule has 0 aromatic rings. The highest BCUT2D eigenvalue weighted by Gasteiger charge is 2.36.